The third-order valence-electron chi connectivity index (χ3n) is 3.48. The summed E-state index contributed by atoms with van der Waals surface area (Å²) in [4.78, 5) is 11.7. The van der Waals surface area contributed by atoms with Gasteiger partial charge in [-0.1, -0.05) is 18.9 Å². The quantitative estimate of drug-likeness (QED) is 0.583. The molecule has 90 valence electrons. The van der Waals surface area contributed by atoms with E-state index in [0.717, 1.165) is 34.4 Å². The lowest BCUT2D eigenvalue weighted by Crippen LogP contribution is -2.08. The molecule has 0 saturated carbocycles. The molecule has 0 N–H and O–H groups in total. The fourth-order valence-electron chi connectivity index (χ4n) is 2.51. The van der Waals surface area contributed by atoms with Gasteiger partial charge in [-0.15, -0.1) is 11.3 Å². The van der Waals surface area contributed by atoms with E-state index in [-0.39, 0.29) is 0 Å². The molecule has 0 aromatic carbocycles. The molecule has 0 saturated heterocycles. The van der Waals surface area contributed by atoms with Crippen LogP contribution in [-0.2, 0) is 31.9 Å². The van der Waals surface area contributed by atoms with Crippen molar-refractivity contribution in [1.29, 1.82) is 0 Å². The smallest absolute Gasteiger partial charge is 0.127 e. The second-order valence-electron chi connectivity index (χ2n) is 4.83. The van der Waals surface area contributed by atoms with E-state index in [4.69, 9.17) is 12.6 Å². The van der Waals surface area contributed by atoms with E-state index in [1.165, 1.54) is 28.7 Å². The first-order valence-corrected chi connectivity index (χ1v) is 7.39. The average molecular weight is 263 g/mol. The maximum absolute atomic E-state index is 5.43. The predicted octanol–water partition coefficient (Wildman–Crippen LogP) is 3.28. The second kappa shape index (κ2) is 4.18. The van der Waals surface area contributed by atoms with E-state index in [9.17, 15) is 0 Å². The number of thiophene rings is 1. The van der Waals surface area contributed by atoms with Crippen LogP contribution in [0.2, 0.25) is 0 Å². The minimum absolute atomic E-state index is 0.763. The molecular weight excluding hydrogens is 248 g/mol. The van der Waals surface area contributed by atoms with E-state index >= 15 is 0 Å². The summed E-state index contributed by atoms with van der Waals surface area (Å²) < 4.78 is 0. The van der Waals surface area contributed by atoms with Crippen LogP contribution in [0, 0.1) is 5.92 Å². The average Bonchev–Trinajstić information content (AvgIpc) is 2.66. The molecule has 0 bridgehead atoms. The molecular formula is C13H15N2S2-. The standard InChI is InChI=1S/C13H16N2S2/c1-3-10-14-12(16)11-8-5-4-7(2)6-9(8)17-13(11)15-10/h7H,3-6H2,1-2H3,(H,14,15,16)/p-1/t7-/m0/s1. The minimum Gasteiger partial charge on any atom is -0.759 e. The first-order valence-electron chi connectivity index (χ1n) is 6.17. The van der Waals surface area contributed by atoms with Gasteiger partial charge in [0.2, 0.25) is 0 Å². The van der Waals surface area contributed by atoms with Crippen molar-refractivity contribution in [1.82, 2.24) is 9.97 Å². The number of aryl methyl sites for hydroxylation is 2. The normalized spacial score (nSPS) is 19.5. The van der Waals surface area contributed by atoms with Gasteiger partial charge in [0.25, 0.3) is 0 Å². The fraction of sp³-hybridized carbons (Fsp3) is 0.538. The fourth-order valence-corrected chi connectivity index (χ4v) is 4.30. The number of nitrogens with zero attached hydrogens (tertiary/aromatic N) is 2. The summed E-state index contributed by atoms with van der Waals surface area (Å²) in [5.41, 5.74) is 1.44. The van der Waals surface area contributed by atoms with Gasteiger partial charge in [-0.25, -0.2) is 4.98 Å². The molecule has 0 aliphatic heterocycles. The van der Waals surface area contributed by atoms with Crippen LogP contribution < -0.4 is 0 Å². The molecule has 3 rings (SSSR count). The number of hydrogen-bond acceptors (Lipinski definition) is 4. The molecule has 1 aliphatic rings. The molecule has 0 fully saturated rings. The van der Waals surface area contributed by atoms with Gasteiger partial charge in [0.1, 0.15) is 10.7 Å². The molecule has 2 heterocycles. The van der Waals surface area contributed by atoms with Crippen molar-refractivity contribution < 1.29 is 0 Å². The van der Waals surface area contributed by atoms with Crippen molar-refractivity contribution >= 4 is 34.2 Å². The third-order valence-corrected chi connectivity index (χ3v) is 4.93. The summed E-state index contributed by atoms with van der Waals surface area (Å²) in [6.45, 7) is 4.40. The lowest BCUT2D eigenvalue weighted by Gasteiger charge is -2.19. The van der Waals surface area contributed by atoms with Crippen molar-refractivity contribution in [2.75, 3.05) is 0 Å². The highest BCUT2D eigenvalue weighted by atomic mass is 32.1. The van der Waals surface area contributed by atoms with Crippen LogP contribution in [0.5, 0.6) is 0 Å². The highest BCUT2D eigenvalue weighted by Crippen LogP contribution is 2.38. The van der Waals surface area contributed by atoms with Gasteiger partial charge < -0.3 is 12.6 Å². The Bertz CT molecular complexity index is 574. The highest BCUT2D eigenvalue weighted by Gasteiger charge is 2.21. The van der Waals surface area contributed by atoms with Crippen molar-refractivity contribution in [2.45, 2.75) is 44.6 Å². The molecule has 2 aromatic heterocycles. The lowest BCUT2D eigenvalue weighted by atomic mass is 9.89. The van der Waals surface area contributed by atoms with Crippen molar-refractivity contribution in [2.24, 2.45) is 5.92 Å². The van der Waals surface area contributed by atoms with Crippen molar-refractivity contribution in [3.63, 3.8) is 0 Å². The van der Waals surface area contributed by atoms with Crippen LogP contribution in [0.25, 0.3) is 10.2 Å². The van der Waals surface area contributed by atoms with E-state index in [1.807, 2.05) is 11.3 Å². The van der Waals surface area contributed by atoms with Gasteiger partial charge in [-0.2, -0.15) is 0 Å². The van der Waals surface area contributed by atoms with Crippen molar-refractivity contribution in [3.8, 4) is 0 Å². The summed E-state index contributed by atoms with van der Waals surface area (Å²) in [5, 5.41) is 1.93. The van der Waals surface area contributed by atoms with Gasteiger partial charge in [-0.3, -0.25) is 4.98 Å². The molecule has 1 atom stereocenters. The van der Waals surface area contributed by atoms with Gasteiger partial charge >= 0.3 is 0 Å². The molecule has 0 radical (unpaired) electrons. The molecule has 0 amide bonds. The van der Waals surface area contributed by atoms with Crippen LogP contribution >= 0.6 is 11.3 Å². The largest absolute Gasteiger partial charge is 0.759 e. The van der Waals surface area contributed by atoms with E-state index in [0.29, 0.717) is 0 Å². The molecule has 0 unspecified atom stereocenters. The van der Waals surface area contributed by atoms with Crippen LogP contribution in [0.15, 0.2) is 5.03 Å². The number of hydrogen-bond donors (Lipinski definition) is 0. The Hall–Kier alpha value is -0.740. The summed E-state index contributed by atoms with van der Waals surface area (Å²) >= 11 is 7.26. The molecule has 17 heavy (non-hydrogen) atoms. The van der Waals surface area contributed by atoms with Gasteiger partial charge in [0, 0.05) is 16.7 Å². The zero-order valence-corrected chi connectivity index (χ0v) is 11.7. The predicted molar refractivity (Wildman–Crippen MR) is 73.6 cm³/mol. The zero-order valence-electron chi connectivity index (χ0n) is 10.1. The van der Waals surface area contributed by atoms with Crippen LogP contribution in [0.3, 0.4) is 0 Å². The number of fused-ring (bicyclic) bond motifs is 3. The molecule has 2 nitrogen and oxygen atoms in total. The minimum atomic E-state index is 0.763. The first-order chi connectivity index (χ1) is 8.19. The summed E-state index contributed by atoms with van der Waals surface area (Å²) in [6.07, 6.45) is 4.46. The Kier molecular flexibility index (Phi) is 2.79. The Morgan fingerprint density at radius 3 is 3.00 bits per heavy atom. The topological polar surface area (TPSA) is 25.8 Å². The monoisotopic (exact) mass is 263 g/mol. The summed E-state index contributed by atoms with van der Waals surface area (Å²) in [6, 6.07) is 0. The van der Waals surface area contributed by atoms with E-state index in [2.05, 4.69) is 23.8 Å². The molecule has 1 aliphatic carbocycles. The van der Waals surface area contributed by atoms with Crippen LogP contribution in [-0.4, -0.2) is 9.97 Å². The SMILES string of the molecule is CCc1nc([S-])c2c3c(sc2n1)C[C@@H](C)CC3. The van der Waals surface area contributed by atoms with Gasteiger partial charge in [0.05, 0.1) is 0 Å². The number of aromatic nitrogens is 2. The van der Waals surface area contributed by atoms with E-state index < -0.39 is 0 Å². The lowest BCUT2D eigenvalue weighted by molar-refractivity contribution is 0.509. The highest BCUT2D eigenvalue weighted by molar-refractivity contribution is 7.59. The second-order valence-corrected chi connectivity index (χ2v) is 6.30. The van der Waals surface area contributed by atoms with Crippen LogP contribution in [0.1, 0.15) is 36.5 Å². The molecule has 4 heteroatoms. The molecule has 2 aromatic rings. The van der Waals surface area contributed by atoms with Crippen molar-refractivity contribution in [3.05, 3.63) is 16.3 Å². The molecule has 0 spiro atoms. The Labute approximate surface area is 111 Å². The summed E-state index contributed by atoms with van der Waals surface area (Å²) in [5.74, 6) is 1.68. The van der Waals surface area contributed by atoms with Crippen LogP contribution in [0.4, 0.5) is 0 Å². The zero-order chi connectivity index (χ0) is 12.0. The maximum atomic E-state index is 5.43. The van der Waals surface area contributed by atoms with E-state index in [1.54, 1.807) is 0 Å². The third kappa shape index (κ3) is 1.83. The Morgan fingerprint density at radius 2 is 2.24 bits per heavy atom. The maximum Gasteiger partial charge on any atom is 0.127 e. The Morgan fingerprint density at radius 1 is 1.41 bits per heavy atom. The summed E-state index contributed by atoms with van der Waals surface area (Å²) in [7, 11) is 0. The Balaban J connectivity index is 2.24. The van der Waals surface area contributed by atoms with Gasteiger partial charge in [-0.05, 0) is 30.7 Å². The first kappa shape index (κ1) is 11.4. The van der Waals surface area contributed by atoms with Gasteiger partial charge in [0.15, 0.2) is 0 Å². The number of rotatable bonds is 1.